The maximum Gasteiger partial charge on any atom is 0.408 e. The number of amides is 1. The molecule has 0 fully saturated rings. The van der Waals surface area contributed by atoms with Gasteiger partial charge >= 0.3 is 12.1 Å². The lowest BCUT2D eigenvalue weighted by Crippen LogP contribution is -2.46. The van der Waals surface area contributed by atoms with E-state index < -0.39 is 23.7 Å². The minimum atomic E-state index is -1.06. The number of nitrogens with zero attached hydrogens (tertiary/aromatic N) is 1. The summed E-state index contributed by atoms with van der Waals surface area (Å²) in [6.45, 7) is 5.22. The topological polar surface area (TPSA) is 124 Å². The Hall–Kier alpha value is -5.44. The predicted octanol–water partition coefficient (Wildman–Crippen LogP) is 6.53. The van der Waals surface area contributed by atoms with Gasteiger partial charge in [0.05, 0.1) is 22.2 Å². The van der Waals surface area contributed by atoms with Crippen LogP contribution in [0, 0.1) is 0 Å². The fourth-order valence-electron chi connectivity index (χ4n) is 4.92. The number of aromatic amines is 1. The van der Waals surface area contributed by atoms with Gasteiger partial charge in [-0.15, -0.1) is 0 Å². The molecule has 1 amide bonds. The van der Waals surface area contributed by atoms with Crippen LogP contribution < -0.4 is 15.5 Å². The third-order valence-corrected chi connectivity index (χ3v) is 6.91. The summed E-state index contributed by atoms with van der Waals surface area (Å²) < 4.78 is 16.9. The molecule has 0 aliphatic heterocycles. The van der Waals surface area contributed by atoms with Crippen molar-refractivity contribution in [3.63, 3.8) is 0 Å². The van der Waals surface area contributed by atoms with Crippen molar-refractivity contribution in [3.05, 3.63) is 107 Å². The molecule has 1 atom stereocenters. The molecule has 0 radical (unpaired) electrons. The number of benzene rings is 3. The molecule has 0 aliphatic carbocycles. The van der Waals surface area contributed by atoms with E-state index in [0.717, 1.165) is 27.4 Å². The number of esters is 1. The minimum absolute atomic E-state index is 0.159. The Labute approximate surface area is 246 Å². The molecule has 0 spiro atoms. The number of rotatable bonds is 6. The van der Waals surface area contributed by atoms with Crippen molar-refractivity contribution in [2.45, 2.75) is 38.8 Å². The summed E-state index contributed by atoms with van der Waals surface area (Å²) in [6.07, 6.45) is 2.58. The highest BCUT2D eigenvalue weighted by Gasteiger charge is 2.27. The van der Waals surface area contributed by atoms with Crippen molar-refractivity contribution in [3.8, 4) is 17.0 Å². The predicted molar refractivity (Wildman–Crippen MR) is 164 cm³/mol. The molecule has 3 aromatic heterocycles. The van der Waals surface area contributed by atoms with Gasteiger partial charge in [0.1, 0.15) is 29.2 Å². The Balaban J connectivity index is 1.26. The van der Waals surface area contributed by atoms with Gasteiger partial charge in [-0.3, -0.25) is 4.79 Å². The highest BCUT2D eigenvalue weighted by Crippen LogP contribution is 2.25. The van der Waals surface area contributed by atoms with Gasteiger partial charge < -0.3 is 24.2 Å². The number of hydrogen-bond acceptors (Lipinski definition) is 7. The van der Waals surface area contributed by atoms with Crippen molar-refractivity contribution in [2.24, 2.45) is 0 Å². The van der Waals surface area contributed by atoms with Gasteiger partial charge in [0.15, 0.2) is 0 Å². The molecule has 3 heterocycles. The third kappa shape index (κ3) is 5.97. The number of carbonyl (C=O) groups is 2. The van der Waals surface area contributed by atoms with E-state index in [2.05, 4.69) is 15.3 Å². The molecule has 6 aromatic rings. The van der Waals surface area contributed by atoms with Crippen molar-refractivity contribution >= 4 is 44.8 Å². The molecule has 2 N–H and O–H groups in total. The Morgan fingerprint density at radius 2 is 1.77 bits per heavy atom. The maximum absolute atomic E-state index is 13.4. The first-order valence-electron chi connectivity index (χ1n) is 13.8. The fraction of sp³-hybridized carbons (Fsp3) is 0.176. The molecule has 0 bridgehead atoms. The van der Waals surface area contributed by atoms with E-state index >= 15 is 0 Å². The minimum Gasteiger partial charge on any atom is -0.463 e. The van der Waals surface area contributed by atoms with Gasteiger partial charge in [-0.2, -0.15) is 0 Å². The van der Waals surface area contributed by atoms with Crippen molar-refractivity contribution in [2.75, 3.05) is 0 Å². The second-order valence-corrected chi connectivity index (χ2v) is 11.2. The number of hydrogen-bond donors (Lipinski definition) is 2. The Bertz CT molecular complexity index is 2050. The average molecular weight is 576 g/mol. The summed E-state index contributed by atoms with van der Waals surface area (Å²) in [7, 11) is 0. The van der Waals surface area contributed by atoms with Gasteiger partial charge in [-0.05, 0) is 56.7 Å². The van der Waals surface area contributed by atoms with E-state index in [1.165, 1.54) is 18.4 Å². The number of ether oxygens (including phenoxy) is 2. The maximum atomic E-state index is 13.4. The zero-order valence-electron chi connectivity index (χ0n) is 23.8. The lowest BCUT2D eigenvalue weighted by atomic mass is 10.1. The lowest BCUT2D eigenvalue weighted by molar-refractivity contribution is -0.136. The number of fused-ring (bicyclic) bond motifs is 3. The Kier molecular flexibility index (Phi) is 7.15. The Morgan fingerprint density at radius 1 is 0.977 bits per heavy atom. The number of carbonyl (C=O) groups excluding carboxylic acids is 2. The van der Waals surface area contributed by atoms with Crippen LogP contribution in [0.2, 0.25) is 0 Å². The number of aromatic nitrogens is 2. The van der Waals surface area contributed by atoms with Crippen LogP contribution in [0.25, 0.3) is 44.0 Å². The van der Waals surface area contributed by atoms with E-state index in [9.17, 15) is 14.4 Å². The summed E-state index contributed by atoms with van der Waals surface area (Å²) in [5, 5.41) is 4.86. The highest BCUT2D eigenvalue weighted by atomic mass is 16.6. The van der Waals surface area contributed by atoms with Crippen LogP contribution in [-0.4, -0.2) is 33.7 Å². The molecule has 6 rings (SSSR count). The smallest absolute Gasteiger partial charge is 0.408 e. The van der Waals surface area contributed by atoms with Crippen LogP contribution >= 0.6 is 0 Å². The summed E-state index contributed by atoms with van der Waals surface area (Å²) in [4.78, 5) is 47.2. The zero-order chi connectivity index (χ0) is 30.1. The quantitative estimate of drug-likeness (QED) is 0.171. The third-order valence-electron chi connectivity index (χ3n) is 6.91. The van der Waals surface area contributed by atoms with E-state index in [-0.39, 0.29) is 23.2 Å². The first-order valence-corrected chi connectivity index (χ1v) is 13.8. The molecule has 0 saturated carbocycles. The van der Waals surface area contributed by atoms with E-state index in [1.54, 1.807) is 39.1 Å². The summed E-state index contributed by atoms with van der Waals surface area (Å²) in [5.41, 5.74) is 2.55. The van der Waals surface area contributed by atoms with Gasteiger partial charge in [-0.1, -0.05) is 42.5 Å². The summed E-state index contributed by atoms with van der Waals surface area (Å²) in [6, 6.07) is 22.5. The number of nitrogens with one attached hydrogen (secondary N) is 2. The summed E-state index contributed by atoms with van der Waals surface area (Å²) in [5.74, 6) is -0.540. The Morgan fingerprint density at radius 3 is 2.60 bits per heavy atom. The number of pyridine rings is 1. The van der Waals surface area contributed by atoms with Crippen LogP contribution in [0.1, 0.15) is 26.3 Å². The fourth-order valence-corrected chi connectivity index (χ4v) is 4.92. The van der Waals surface area contributed by atoms with Crippen molar-refractivity contribution < 1.29 is 23.5 Å². The molecule has 9 nitrogen and oxygen atoms in total. The highest BCUT2D eigenvalue weighted by molar-refractivity contribution is 5.88. The van der Waals surface area contributed by atoms with Gasteiger partial charge in [0, 0.05) is 35.0 Å². The second kappa shape index (κ2) is 11.1. The molecule has 0 aliphatic rings. The van der Waals surface area contributed by atoms with Crippen LogP contribution in [0.3, 0.4) is 0 Å². The van der Waals surface area contributed by atoms with Crippen molar-refractivity contribution in [1.29, 1.82) is 0 Å². The molecule has 0 unspecified atom stereocenters. The molecule has 216 valence electrons. The standard InChI is InChI=1S/C34H29N3O6/c1-34(2,3)43-33(40)37-29(16-21-18-35-27-11-7-5-9-23(21)27)32(39)42-22-13-14-24-30(17-22)41-19-25(31(24)38)28-15-12-20-8-4-6-10-26(20)36-28/h4-15,17-19,29,35H,16H2,1-3H3,(H,37,40)/t29-/m1/s1. The summed E-state index contributed by atoms with van der Waals surface area (Å²) >= 11 is 0. The molecule has 0 saturated heterocycles. The van der Waals surface area contributed by atoms with Gasteiger partial charge in [0.25, 0.3) is 0 Å². The molecular weight excluding hydrogens is 546 g/mol. The molecule has 43 heavy (non-hydrogen) atoms. The van der Waals surface area contributed by atoms with Crippen LogP contribution in [0.4, 0.5) is 4.79 Å². The van der Waals surface area contributed by atoms with Gasteiger partial charge in [0.2, 0.25) is 5.43 Å². The second-order valence-electron chi connectivity index (χ2n) is 11.2. The molecular formula is C34H29N3O6. The number of alkyl carbamates (subject to hydrolysis) is 1. The average Bonchev–Trinajstić information content (AvgIpc) is 3.38. The number of H-pyrrole nitrogens is 1. The van der Waals surface area contributed by atoms with E-state index in [1.807, 2.05) is 54.6 Å². The lowest BCUT2D eigenvalue weighted by Gasteiger charge is -2.23. The largest absolute Gasteiger partial charge is 0.463 e. The van der Waals surface area contributed by atoms with Crippen molar-refractivity contribution in [1.82, 2.24) is 15.3 Å². The van der Waals surface area contributed by atoms with Gasteiger partial charge in [-0.25, -0.2) is 14.6 Å². The molecule has 9 heteroatoms. The van der Waals surface area contributed by atoms with Crippen LogP contribution in [0.5, 0.6) is 5.75 Å². The normalized spacial score (nSPS) is 12.3. The van der Waals surface area contributed by atoms with E-state index in [4.69, 9.17) is 13.9 Å². The van der Waals surface area contributed by atoms with Crippen LogP contribution in [0.15, 0.2) is 101 Å². The monoisotopic (exact) mass is 575 g/mol. The molecule has 3 aromatic carbocycles. The van der Waals surface area contributed by atoms with Crippen LogP contribution in [-0.2, 0) is 16.0 Å². The first-order chi connectivity index (χ1) is 20.6. The van der Waals surface area contributed by atoms with E-state index in [0.29, 0.717) is 16.6 Å². The first kappa shape index (κ1) is 27.7. The zero-order valence-corrected chi connectivity index (χ0v) is 23.8. The SMILES string of the molecule is CC(C)(C)OC(=O)N[C@H](Cc1c[nH]c2ccccc12)C(=O)Oc1ccc2c(=O)c(-c3ccc4ccccc4n3)coc2c1. The number of para-hydroxylation sites is 2.